The maximum atomic E-state index is 5.58. The minimum Gasteiger partial charge on any atom is -0.118 e. The molecule has 2 rings (SSSR count). The van der Waals surface area contributed by atoms with Crippen molar-refractivity contribution in [3.05, 3.63) is 53.1 Å². The molecule has 1 aliphatic carbocycles. The summed E-state index contributed by atoms with van der Waals surface area (Å²) >= 11 is 0. The Bertz CT molecular complexity index is 757. The second kappa shape index (κ2) is 5.29. The van der Waals surface area contributed by atoms with Crippen LogP contribution in [0.5, 0.6) is 0 Å². The second-order valence-electron chi connectivity index (χ2n) is 4.54. The van der Waals surface area contributed by atoms with Crippen LogP contribution in [0.15, 0.2) is 42.0 Å². The van der Waals surface area contributed by atoms with Crippen molar-refractivity contribution in [3.8, 4) is 49.4 Å². The standard InChI is InChI=1S/C20H12/c1-5-16-10-9-11-18(12-16)19-13-17(6-2)14-20(7-3,8-4)15-19/h1-4,9-12,14-15H,13H2. The molecule has 0 spiro atoms. The molecule has 20 heavy (non-hydrogen) atoms. The van der Waals surface area contributed by atoms with E-state index in [1.807, 2.05) is 30.3 Å². The van der Waals surface area contributed by atoms with E-state index in [4.69, 9.17) is 25.7 Å². The Morgan fingerprint density at radius 3 is 2.30 bits per heavy atom. The van der Waals surface area contributed by atoms with Crippen molar-refractivity contribution in [2.75, 3.05) is 0 Å². The van der Waals surface area contributed by atoms with Gasteiger partial charge in [0.2, 0.25) is 0 Å². The topological polar surface area (TPSA) is 0 Å². The lowest BCUT2D eigenvalue weighted by Crippen LogP contribution is -2.14. The average Bonchev–Trinajstić information content (AvgIpc) is 2.54. The summed E-state index contributed by atoms with van der Waals surface area (Å²) < 4.78 is 0. The molecule has 0 fully saturated rings. The summed E-state index contributed by atoms with van der Waals surface area (Å²) in [5.41, 5.74) is 2.75. The Morgan fingerprint density at radius 2 is 1.70 bits per heavy atom. The zero-order chi connectivity index (χ0) is 14.6. The number of hydrogen-bond donors (Lipinski definition) is 0. The summed E-state index contributed by atoms with van der Waals surface area (Å²) in [5.74, 6) is 10.5. The van der Waals surface area contributed by atoms with E-state index in [-0.39, 0.29) is 0 Å². The third kappa shape index (κ3) is 2.38. The number of terminal acetylenes is 4. The molecule has 0 saturated heterocycles. The van der Waals surface area contributed by atoms with Crippen LogP contribution in [0.3, 0.4) is 0 Å². The predicted octanol–water partition coefficient (Wildman–Crippen LogP) is 3.27. The van der Waals surface area contributed by atoms with Gasteiger partial charge in [0.25, 0.3) is 0 Å². The summed E-state index contributed by atoms with van der Waals surface area (Å²) in [6.45, 7) is 0. The maximum Gasteiger partial charge on any atom is 0.129 e. The normalized spacial score (nSPS) is 15.6. The fourth-order valence-corrected chi connectivity index (χ4v) is 2.19. The highest BCUT2D eigenvalue weighted by atomic mass is 14.3. The fraction of sp³-hybridized carbons (Fsp3) is 0.100. The third-order valence-electron chi connectivity index (χ3n) is 3.25. The van der Waals surface area contributed by atoms with Crippen molar-refractivity contribution in [1.82, 2.24) is 0 Å². The van der Waals surface area contributed by atoms with Crippen molar-refractivity contribution in [1.29, 1.82) is 0 Å². The lowest BCUT2D eigenvalue weighted by Gasteiger charge is -2.23. The second-order valence-corrected chi connectivity index (χ2v) is 4.54. The lowest BCUT2D eigenvalue weighted by molar-refractivity contribution is 0.869. The van der Waals surface area contributed by atoms with Gasteiger partial charge in [-0.05, 0) is 35.4 Å². The first kappa shape index (κ1) is 13.4. The van der Waals surface area contributed by atoms with Gasteiger partial charge in [0.05, 0.1) is 0 Å². The number of rotatable bonds is 1. The molecule has 1 aromatic carbocycles. The van der Waals surface area contributed by atoms with Gasteiger partial charge in [-0.3, -0.25) is 0 Å². The molecule has 0 aromatic heterocycles. The number of benzene rings is 1. The Hall–Kier alpha value is -3.06. The zero-order valence-corrected chi connectivity index (χ0v) is 11.0. The van der Waals surface area contributed by atoms with Gasteiger partial charge in [0, 0.05) is 17.6 Å². The molecule has 0 saturated carbocycles. The number of allylic oxidation sites excluding steroid dienone is 4. The molecule has 0 bridgehead atoms. The first-order valence-electron chi connectivity index (χ1n) is 6.09. The first-order chi connectivity index (χ1) is 9.66. The Balaban J connectivity index is 2.56. The van der Waals surface area contributed by atoms with Crippen LogP contribution >= 0.6 is 0 Å². The summed E-state index contributed by atoms with van der Waals surface area (Å²) in [4.78, 5) is 0. The van der Waals surface area contributed by atoms with Gasteiger partial charge in [-0.1, -0.05) is 35.8 Å². The summed E-state index contributed by atoms with van der Waals surface area (Å²) in [6, 6.07) is 7.69. The Labute approximate surface area is 120 Å². The van der Waals surface area contributed by atoms with E-state index in [0.29, 0.717) is 6.42 Å². The van der Waals surface area contributed by atoms with Crippen LogP contribution in [0.4, 0.5) is 0 Å². The van der Waals surface area contributed by atoms with Crippen LogP contribution in [0.2, 0.25) is 0 Å². The van der Waals surface area contributed by atoms with E-state index in [0.717, 1.165) is 22.3 Å². The SMILES string of the molecule is C#CC1=CC(C#C)(C#C)C=C(c2cccc(C#C)c2)C1. The average molecular weight is 252 g/mol. The Kier molecular flexibility index (Phi) is 3.54. The first-order valence-corrected chi connectivity index (χ1v) is 6.09. The van der Waals surface area contributed by atoms with Gasteiger partial charge in [0.15, 0.2) is 0 Å². The molecule has 0 N–H and O–H groups in total. The van der Waals surface area contributed by atoms with E-state index in [2.05, 4.69) is 23.7 Å². The third-order valence-corrected chi connectivity index (χ3v) is 3.25. The minimum atomic E-state index is -0.860. The quantitative estimate of drug-likeness (QED) is 0.673. The summed E-state index contributed by atoms with van der Waals surface area (Å²) in [5, 5.41) is 0. The molecule has 0 aliphatic heterocycles. The van der Waals surface area contributed by atoms with Crippen LogP contribution in [0.1, 0.15) is 17.5 Å². The highest BCUT2D eigenvalue weighted by Gasteiger charge is 2.25. The fourth-order valence-electron chi connectivity index (χ4n) is 2.19. The molecule has 0 heterocycles. The minimum absolute atomic E-state index is 0.635. The van der Waals surface area contributed by atoms with E-state index in [9.17, 15) is 0 Å². The molecule has 0 unspecified atom stereocenters. The molecule has 0 nitrogen and oxygen atoms in total. The van der Waals surface area contributed by atoms with Crippen molar-refractivity contribution in [3.63, 3.8) is 0 Å². The van der Waals surface area contributed by atoms with Crippen molar-refractivity contribution in [2.24, 2.45) is 5.41 Å². The molecule has 0 radical (unpaired) electrons. The predicted molar refractivity (Wildman–Crippen MR) is 84.0 cm³/mol. The molecular formula is C20H12. The van der Waals surface area contributed by atoms with Gasteiger partial charge in [-0.2, -0.15) is 0 Å². The van der Waals surface area contributed by atoms with Crippen LogP contribution < -0.4 is 0 Å². The zero-order valence-electron chi connectivity index (χ0n) is 11.0. The summed E-state index contributed by atoms with van der Waals surface area (Å²) in [6.07, 6.45) is 26.4. The summed E-state index contributed by atoms with van der Waals surface area (Å²) in [7, 11) is 0. The highest BCUT2D eigenvalue weighted by molar-refractivity contribution is 5.74. The van der Waals surface area contributed by atoms with E-state index < -0.39 is 5.41 Å². The van der Waals surface area contributed by atoms with Gasteiger partial charge < -0.3 is 0 Å². The van der Waals surface area contributed by atoms with Crippen LogP contribution in [-0.2, 0) is 0 Å². The molecule has 92 valence electrons. The maximum absolute atomic E-state index is 5.58. The monoisotopic (exact) mass is 252 g/mol. The van der Waals surface area contributed by atoms with E-state index in [1.54, 1.807) is 6.08 Å². The van der Waals surface area contributed by atoms with Crippen molar-refractivity contribution < 1.29 is 0 Å². The van der Waals surface area contributed by atoms with E-state index >= 15 is 0 Å². The van der Waals surface area contributed by atoms with Crippen LogP contribution in [0, 0.1) is 54.8 Å². The lowest BCUT2D eigenvalue weighted by atomic mass is 9.78. The molecular weight excluding hydrogens is 240 g/mol. The van der Waals surface area contributed by atoms with Gasteiger partial charge >= 0.3 is 0 Å². The van der Waals surface area contributed by atoms with Crippen LogP contribution in [0.25, 0.3) is 5.57 Å². The molecule has 1 aromatic rings. The highest BCUT2D eigenvalue weighted by Crippen LogP contribution is 2.36. The number of hydrogen-bond acceptors (Lipinski definition) is 0. The van der Waals surface area contributed by atoms with Gasteiger partial charge in [-0.25, -0.2) is 0 Å². The van der Waals surface area contributed by atoms with Crippen molar-refractivity contribution >= 4 is 5.57 Å². The van der Waals surface area contributed by atoms with Gasteiger partial charge in [-0.15, -0.1) is 25.7 Å². The molecule has 0 heteroatoms. The smallest absolute Gasteiger partial charge is 0.118 e. The van der Waals surface area contributed by atoms with Crippen LogP contribution in [-0.4, -0.2) is 0 Å². The molecule has 0 amide bonds. The van der Waals surface area contributed by atoms with Gasteiger partial charge in [0.1, 0.15) is 5.41 Å². The molecule has 0 atom stereocenters. The molecule has 1 aliphatic rings. The Morgan fingerprint density at radius 1 is 0.950 bits per heavy atom. The largest absolute Gasteiger partial charge is 0.129 e. The van der Waals surface area contributed by atoms with E-state index in [1.165, 1.54) is 0 Å². The van der Waals surface area contributed by atoms with Crippen molar-refractivity contribution in [2.45, 2.75) is 6.42 Å².